The van der Waals surface area contributed by atoms with Gasteiger partial charge in [-0.2, -0.15) is 0 Å². The number of hydrogen-bond acceptors (Lipinski definition) is 5. The molecular weight excluding hydrogens is 356 g/mol. The summed E-state index contributed by atoms with van der Waals surface area (Å²) in [5.74, 6) is 1.70. The molecule has 4 aliphatic rings. The molecule has 28 heavy (non-hydrogen) atoms. The summed E-state index contributed by atoms with van der Waals surface area (Å²) in [5, 5.41) is 0. The topological polar surface area (TPSA) is 69.7 Å². The summed E-state index contributed by atoms with van der Waals surface area (Å²) in [5.41, 5.74) is -0.0666. The average Bonchev–Trinajstić information content (AvgIpc) is 2.86. The first-order chi connectivity index (χ1) is 13.1. The van der Waals surface area contributed by atoms with Crippen LogP contribution >= 0.6 is 0 Å². The fraction of sp³-hybridized carbons (Fsp3) is 0.870. The summed E-state index contributed by atoms with van der Waals surface area (Å²) in [7, 11) is 0. The Morgan fingerprint density at radius 1 is 0.893 bits per heavy atom. The van der Waals surface area contributed by atoms with Crippen LogP contribution in [0.15, 0.2) is 0 Å². The van der Waals surface area contributed by atoms with Crippen LogP contribution in [0.25, 0.3) is 0 Å². The highest BCUT2D eigenvalue weighted by Gasteiger charge is 2.63. The molecule has 0 radical (unpaired) electrons. The molecule has 5 heteroatoms. The highest BCUT2D eigenvalue weighted by molar-refractivity contribution is 5.92. The van der Waals surface area contributed by atoms with Crippen LogP contribution in [-0.4, -0.2) is 29.9 Å². The van der Waals surface area contributed by atoms with Gasteiger partial charge in [-0.15, -0.1) is 0 Å². The van der Waals surface area contributed by atoms with Crippen LogP contribution in [0.4, 0.5) is 0 Å². The van der Waals surface area contributed by atoms with Gasteiger partial charge in [-0.25, -0.2) is 0 Å². The molecule has 4 aliphatic carbocycles. The number of rotatable bonds is 2. The minimum absolute atomic E-state index is 0.0717. The molecule has 5 nitrogen and oxygen atoms in total. The van der Waals surface area contributed by atoms with Crippen LogP contribution in [0, 0.1) is 34.5 Å². The summed E-state index contributed by atoms with van der Waals surface area (Å²) in [4.78, 5) is 35.9. The Morgan fingerprint density at radius 2 is 1.61 bits per heavy atom. The van der Waals surface area contributed by atoms with E-state index in [2.05, 4.69) is 13.8 Å². The molecule has 0 saturated heterocycles. The number of fused-ring (bicyclic) bond motifs is 5. The van der Waals surface area contributed by atoms with E-state index in [9.17, 15) is 14.4 Å². The summed E-state index contributed by atoms with van der Waals surface area (Å²) < 4.78 is 10.9. The maximum Gasteiger partial charge on any atom is 0.303 e. The second kappa shape index (κ2) is 6.84. The van der Waals surface area contributed by atoms with Gasteiger partial charge in [0.1, 0.15) is 6.10 Å². The van der Waals surface area contributed by atoms with Crippen molar-refractivity contribution >= 4 is 17.7 Å². The van der Waals surface area contributed by atoms with Gasteiger partial charge in [0.05, 0.1) is 0 Å². The zero-order valence-corrected chi connectivity index (χ0v) is 17.7. The molecule has 4 fully saturated rings. The van der Waals surface area contributed by atoms with Gasteiger partial charge in [-0.05, 0) is 80.5 Å². The Balaban J connectivity index is 1.54. The predicted molar refractivity (Wildman–Crippen MR) is 103 cm³/mol. The zero-order chi connectivity index (χ0) is 20.3. The fourth-order valence-electron chi connectivity index (χ4n) is 7.63. The third-order valence-corrected chi connectivity index (χ3v) is 8.97. The van der Waals surface area contributed by atoms with Crippen molar-refractivity contribution in [1.82, 2.24) is 0 Å². The van der Waals surface area contributed by atoms with Crippen LogP contribution in [0.2, 0.25) is 0 Å². The van der Waals surface area contributed by atoms with E-state index in [-0.39, 0.29) is 34.7 Å². The van der Waals surface area contributed by atoms with Crippen LogP contribution < -0.4 is 0 Å². The van der Waals surface area contributed by atoms with Crippen molar-refractivity contribution in [2.24, 2.45) is 34.5 Å². The normalized spacial score (nSPS) is 47.5. The molecule has 0 unspecified atom stereocenters. The molecule has 156 valence electrons. The standard InChI is InChI=1S/C23H34O5/c1-13(24)27-16-7-9-22(3)15(11-16)5-6-17-18(22)8-10-23(4)19(17)12-20(21(23)26)28-14(2)25/h15-20H,5-12H2,1-4H3/t15-,16-,17+,18+,19+,20-,22-,23-/m0/s1. The number of Topliss-reactive ketones (excluding diaryl/α,β-unsaturated/α-hetero) is 1. The molecule has 0 aromatic carbocycles. The molecule has 4 saturated carbocycles. The minimum atomic E-state index is -0.545. The number of esters is 2. The first-order valence-corrected chi connectivity index (χ1v) is 11.0. The second-order valence-corrected chi connectivity index (χ2v) is 10.3. The van der Waals surface area contributed by atoms with Crippen molar-refractivity contribution in [2.75, 3.05) is 0 Å². The first-order valence-electron chi connectivity index (χ1n) is 11.0. The summed E-state index contributed by atoms with van der Waals surface area (Å²) in [6.45, 7) is 7.46. The largest absolute Gasteiger partial charge is 0.463 e. The molecule has 0 bridgehead atoms. The number of hydrogen-bond donors (Lipinski definition) is 0. The van der Waals surface area contributed by atoms with E-state index < -0.39 is 6.10 Å². The molecule has 0 heterocycles. The van der Waals surface area contributed by atoms with Gasteiger partial charge in [0.2, 0.25) is 0 Å². The molecule has 0 amide bonds. The Morgan fingerprint density at radius 3 is 2.29 bits per heavy atom. The van der Waals surface area contributed by atoms with Gasteiger partial charge < -0.3 is 9.47 Å². The average molecular weight is 391 g/mol. The molecular formula is C23H34O5. The highest BCUT2D eigenvalue weighted by Crippen LogP contribution is 2.65. The lowest BCUT2D eigenvalue weighted by molar-refractivity contribution is -0.160. The Hall–Kier alpha value is -1.39. The second-order valence-electron chi connectivity index (χ2n) is 10.3. The lowest BCUT2D eigenvalue weighted by atomic mass is 9.45. The van der Waals surface area contributed by atoms with E-state index in [0.717, 1.165) is 44.9 Å². The van der Waals surface area contributed by atoms with Gasteiger partial charge in [-0.1, -0.05) is 13.8 Å². The Labute approximate surface area is 167 Å². The molecule has 4 rings (SSSR count). The van der Waals surface area contributed by atoms with Gasteiger partial charge in [0.25, 0.3) is 0 Å². The smallest absolute Gasteiger partial charge is 0.303 e. The van der Waals surface area contributed by atoms with Crippen molar-refractivity contribution < 1.29 is 23.9 Å². The molecule has 0 spiro atoms. The third kappa shape index (κ3) is 3.00. The summed E-state index contributed by atoms with van der Waals surface area (Å²) in [6, 6.07) is 0. The summed E-state index contributed by atoms with van der Waals surface area (Å²) in [6.07, 6.45) is 7.54. The van der Waals surface area contributed by atoms with E-state index in [1.807, 2.05) is 0 Å². The van der Waals surface area contributed by atoms with Crippen LogP contribution in [0.1, 0.15) is 79.1 Å². The quantitative estimate of drug-likeness (QED) is 0.665. The predicted octanol–water partition coefficient (Wildman–Crippen LogP) is 4.07. The third-order valence-electron chi connectivity index (χ3n) is 8.97. The van der Waals surface area contributed by atoms with Crippen molar-refractivity contribution in [3.8, 4) is 0 Å². The Bertz CT molecular complexity index is 686. The van der Waals surface area contributed by atoms with E-state index >= 15 is 0 Å². The van der Waals surface area contributed by atoms with Crippen molar-refractivity contribution in [3.05, 3.63) is 0 Å². The van der Waals surface area contributed by atoms with Crippen LogP contribution in [0.5, 0.6) is 0 Å². The van der Waals surface area contributed by atoms with Gasteiger partial charge in [-0.3, -0.25) is 14.4 Å². The van der Waals surface area contributed by atoms with Crippen molar-refractivity contribution in [3.63, 3.8) is 0 Å². The van der Waals surface area contributed by atoms with Gasteiger partial charge in [0.15, 0.2) is 11.9 Å². The Kier molecular flexibility index (Phi) is 4.86. The zero-order valence-electron chi connectivity index (χ0n) is 17.7. The number of carbonyl (C=O) groups excluding carboxylic acids is 3. The summed E-state index contributed by atoms with van der Waals surface area (Å²) >= 11 is 0. The SMILES string of the molecule is CC(=O)O[C@H]1CC[C@@]2(C)[C@@H](CC[C@@H]3[C@H]2CC[C@]2(C)C(=O)[C@@H](OC(C)=O)C[C@H]32)C1. The van der Waals surface area contributed by atoms with Crippen LogP contribution in [-0.2, 0) is 23.9 Å². The monoisotopic (exact) mass is 390 g/mol. The molecule has 8 atom stereocenters. The number of ether oxygens (including phenoxy) is 2. The molecule has 0 aliphatic heterocycles. The van der Waals surface area contributed by atoms with Crippen molar-refractivity contribution in [2.45, 2.75) is 91.3 Å². The van der Waals surface area contributed by atoms with E-state index in [0.29, 0.717) is 30.1 Å². The maximum absolute atomic E-state index is 13.1. The molecule has 0 aromatic rings. The molecule has 0 aromatic heterocycles. The molecule has 0 N–H and O–H groups in total. The minimum Gasteiger partial charge on any atom is -0.463 e. The lowest BCUT2D eigenvalue weighted by Gasteiger charge is -2.60. The van der Waals surface area contributed by atoms with Crippen LogP contribution in [0.3, 0.4) is 0 Å². The van der Waals surface area contributed by atoms with E-state index in [1.165, 1.54) is 13.8 Å². The maximum atomic E-state index is 13.1. The first kappa shape index (κ1) is 19.9. The lowest BCUT2D eigenvalue weighted by Crippen LogP contribution is -2.54. The number of ketones is 1. The van der Waals surface area contributed by atoms with E-state index in [4.69, 9.17) is 9.47 Å². The van der Waals surface area contributed by atoms with Crippen molar-refractivity contribution in [1.29, 1.82) is 0 Å². The fourth-order valence-corrected chi connectivity index (χ4v) is 7.63. The number of carbonyl (C=O) groups is 3. The highest BCUT2D eigenvalue weighted by atomic mass is 16.5. The van der Waals surface area contributed by atoms with Gasteiger partial charge >= 0.3 is 11.9 Å². The van der Waals surface area contributed by atoms with E-state index in [1.54, 1.807) is 0 Å². The van der Waals surface area contributed by atoms with Gasteiger partial charge in [0, 0.05) is 19.3 Å².